The number of hydrogen-bond donors (Lipinski definition) is 0. The normalized spacial score (nSPS) is 19.1. The van der Waals surface area contributed by atoms with Crippen molar-refractivity contribution in [2.24, 2.45) is 5.41 Å². The lowest BCUT2D eigenvalue weighted by atomic mass is 9.71. The maximum Gasteiger partial charge on any atom is 0.171 e. The predicted molar refractivity (Wildman–Crippen MR) is 94.6 cm³/mol. The number of carbonyl (C=O) groups is 1. The Labute approximate surface area is 141 Å². The molecule has 1 spiro atoms. The highest BCUT2D eigenvalue weighted by atomic mass is 16.1. The Morgan fingerprint density at radius 2 is 1.75 bits per heavy atom. The molecule has 1 saturated carbocycles. The average Bonchev–Trinajstić information content (AvgIpc) is 3.09. The van der Waals surface area contributed by atoms with E-state index in [0.717, 1.165) is 41.5 Å². The van der Waals surface area contributed by atoms with Gasteiger partial charge >= 0.3 is 0 Å². The lowest BCUT2D eigenvalue weighted by molar-refractivity contribution is 0.0748. The number of ketones is 1. The fourth-order valence-electron chi connectivity index (χ4n) is 4.76. The third-order valence-corrected chi connectivity index (χ3v) is 5.88. The summed E-state index contributed by atoms with van der Waals surface area (Å²) < 4.78 is 2.21. The first kappa shape index (κ1) is 14.0. The molecule has 3 aromatic rings. The van der Waals surface area contributed by atoms with E-state index in [0.29, 0.717) is 5.78 Å². The largest absolute Gasteiger partial charge is 0.297 e. The molecule has 0 saturated heterocycles. The molecule has 120 valence electrons. The molecule has 1 aromatic carbocycles. The van der Waals surface area contributed by atoms with Gasteiger partial charge in [0.25, 0.3) is 0 Å². The van der Waals surface area contributed by atoms with E-state index >= 15 is 0 Å². The molecule has 0 N–H and O–H groups in total. The van der Waals surface area contributed by atoms with Crippen molar-refractivity contribution in [1.29, 1.82) is 0 Å². The van der Waals surface area contributed by atoms with Gasteiger partial charge in [-0.1, -0.05) is 43.5 Å². The van der Waals surface area contributed by atoms with Crippen molar-refractivity contribution < 1.29 is 4.79 Å². The molecule has 3 heteroatoms. The lowest BCUT2D eigenvalue weighted by Gasteiger charge is -2.31. The average molecular weight is 316 g/mol. The van der Waals surface area contributed by atoms with Crippen molar-refractivity contribution in [2.45, 2.75) is 38.5 Å². The van der Waals surface area contributed by atoms with E-state index in [1.807, 2.05) is 36.5 Å². The number of aromatic nitrogens is 2. The number of Topliss-reactive ketones (excluding diaryl/α,β-unsaturated/α-hetero) is 1. The van der Waals surface area contributed by atoms with Gasteiger partial charge in [0.1, 0.15) is 5.82 Å². The minimum atomic E-state index is -0.149. The quantitative estimate of drug-likeness (QED) is 0.651. The highest BCUT2D eigenvalue weighted by molar-refractivity contribution is 6.15. The van der Waals surface area contributed by atoms with Crippen molar-refractivity contribution in [3.05, 3.63) is 59.9 Å². The molecular weight excluding hydrogens is 296 g/mol. The van der Waals surface area contributed by atoms with E-state index in [4.69, 9.17) is 0 Å². The fraction of sp³-hybridized carbons (Fsp3) is 0.333. The monoisotopic (exact) mass is 316 g/mol. The van der Waals surface area contributed by atoms with Gasteiger partial charge < -0.3 is 0 Å². The van der Waals surface area contributed by atoms with Crippen molar-refractivity contribution >= 4 is 16.7 Å². The van der Waals surface area contributed by atoms with Crippen LogP contribution in [0.3, 0.4) is 0 Å². The molecule has 0 unspecified atom stereocenters. The summed E-state index contributed by atoms with van der Waals surface area (Å²) in [6, 6.07) is 14.2. The highest BCUT2D eigenvalue weighted by Gasteiger charge is 2.48. The van der Waals surface area contributed by atoms with Gasteiger partial charge in [-0.05, 0) is 31.0 Å². The minimum Gasteiger partial charge on any atom is -0.297 e. The predicted octanol–water partition coefficient (Wildman–Crippen LogP) is 4.71. The van der Waals surface area contributed by atoms with E-state index in [1.165, 1.54) is 25.0 Å². The van der Waals surface area contributed by atoms with Gasteiger partial charge in [0.05, 0.1) is 5.52 Å². The Hall–Kier alpha value is -2.42. The van der Waals surface area contributed by atoms with Crippen LogP contribution in [-0.4, -0.2) is 15.3 Å². The molecule has 1 fully saturated rings. The van der Waals surface area contributed by atoms with E-state index in [2.05, 4.69) is 21.7 Å². The fourth-order valence-corrected chi connectivity index (χ4v) is 4.76. The first-order valence-electron chi connectivity index (χ1n) is 8.89. The number of nitrogens with zero attached hydrogens (tertiary/aromatic N) is 2. The Kier molecular flexibility index (Phi) is 2.93. The molecule has 0 amide bonds. The first-order chi connectivity index (χ1) is 11.8. The van der Waals surface area contributed by atoms with Crippen LogP contribution < -0.4 is 0 Å². The second-order valence-corrected chi connectivity index (χ2v) is 7.21. The van der Waals surface area contributed by atoms with Crippen LogP contribution in [0.2, 0.25) is 0 Å². The smallest absolute Gasteiger partial charge is 0.171 e. The zero-order valence-corrected chi connectivity index (χ0v) is 13.7. The molecular formula is C21H20N2O. The maximum absolute atomic E-state index is 13.4. The summed E-state index contributed by atoms with van der Waals surface area (Å²) in [7, 11) is 0. The number of pyridine rings is 1. The zero-order valence-electron chi connectivity index (χ0n) is 13.7. The van der Waals surface area contributed by atoms with Crippen LogP contribution in [0.4, 0.5) is 0 Å². The van der Waals surface area contributed by atoms with Gasteiger partial charge in [-0.3, -0.25) is 9.36 Å². The highest BCUT2D eigenvalue weighted by Crippen LogP contribution is 2.50. The summed E-state index contributed by atoms with van der Waals surface area (Å²) >= 11 is 0. The molecule has 2 aliphatic rings. The maximum atomic E-state index is 13.4. The number of hydrogen-bond acceptors (Lipinski definition) is 2. The standard InChI is InChI=1S/C21H20N2O/c24-20-19-15-8-2-3-9-16(15)23(18-10-4-7-13-22-18)17(19)14-21(20)11-5-1-6-12-21/h2-4,7-10,13H,1,5-6,11-12,14H2. The zero-order chi connectivity index (χ0) is 16.1. The number of fused-ring (bicyclic) bond motifs is 3. The van der Waals surface area contributed by atoms with Gasteiger partial charge in [-0.25, -0.2) is 4.98 Å². The van der Waals surface area contributed by atoms with Crippen LogP contribution in [0.15, 0.2) is 48.7 Å². The topological polar surface area (TPSA) is 34.9 Å². The molecule has 0 atom stereocenters. The van der Waals surface area contributed by atoms with Gasteiger partial charge in [-0.15, -0.1) is 0 Å². The van der Waals surface area contributed by atoms with E-state index in [-0.39, 0.29) is 5.41 Å². The van der Waals surface area contributed by atoms with Crippen LogP contribution in [0.1, 0.15) is 48.2 Å². The SMILES string of the molecule is O=C1c2c(n(-c3ccccn3)c3ccccc23)CC12CCCCC2. The lowest BCUT2D eigenvalue weighted by Crippen LogP contribution is -2.31. The Bertz CT molecular complexity index is 933. The van der Waals surface area contributed by atoms with Gasteiger partial charge in [0.15, 0.2) is 5.78 Å². The second kappa shape index (κ2) is 5.04. The molecule has 5 rings (SSSR count). The molecule has 0 radical (unpaired) electrons. The molecule has 2 aromatic heterocycles. The van der Waals surface area contributed by atoms with Crippen LogP contribution in [-0.2, 0) is 6.42 Å². The summed E-state index contributed by atoms with van der Waals surface area (Å²) in [4.78, 5) is 18.0. The number of para-hydroxylation sites is 1. The molecule has 0 aliphatic heterocycles. The van der Waals surface area contributed by atoms with Crippen LogP contribution in [0.25, 0.3) is 16.7 Å². The van der Waals surface area contributed by atoms with Crippen molar-refractivity contribution in [3.8, 4) is 5.82 Å². The van der Waals surface area contributed by atoms with Crippen molar-refractivity contribution in [1.82, 2.24) is 9.55 Å². The Balaban J connectivity index is 1.78. The third-order valence-electron chi connectivity index (χ3n) is 5.88. The van der Waals surface area contributed by atoms with Gasteiger partial charge in [0, 0.05) is 34.7 Å². The Morgan fingerprint density at radius 3 is 2.54 bits per heavy atom. The van der Waals surface area contributed by atoms with E-state index in [9.17, 15) is 4.79 Å². The van der Waals surface area contributed by atoms with Gasteiger partial charge in [0.2, 0.25) is 0 Å². The second-order valence-electron chi connectivity index (χ2n) is 7.21. The van der Waals surface area contributed by atoms with Gasteiger partial charge in [-0.2, -0.15) is 0 Å². The summed E-state index contributed by atoms with van der Waals surface area (Å²) in [5.74, 6) is 1.29. The molecule has 0 bridgehead atoms. The summed E-state index contributed by atoms with van der Waals surface area (Å²) in [5, 5.41) is 1.09. The summed E-state index contributed by atoms with van der Waals surface area (Å²) in [6.45, 7) is 0. The van der Waals surface area contributed by atoms with E-state index in [1.54, 1.807) is 0 Å². The van der Waals surface area contributed by atoms with Crippen LogP contribution in [0, 0.1) is 5.41 Å². The molecule has 24 heavy (non-hydrogen) atoms. The van der Waals surface area contributed by atoms with Crippen LogP contribution >= 0.6 is 0 Å². The molecule has 3 nitrogen and oxygen atoms in total. The minimum absolute atomic E-state index is 0.149. The summed E-state index contributed by atoms with van der Waals surface area (Å²) in [6.07, 6.45) is 8.39. The van der Waals surface area contributed by atoms with Crippen molar-refractivity contribution in [3.63, 3.8) is 0 Å². The number of carbonyl (C=O) groups excluding carboxylic acids is 1. The first-order valence-corrected chi connectivity index (χ1v) is 8.89. The molecule has 2 heterocycles. The number of benzene rings is 1. The number of rotatable bonds is 1. The summed E-state index contributed by atoms with van der Waals surface area (Å²) in [5.41, 5.74) is 3.07. The third kappa shape index (κ3) is 1.78. The van der Waals surface area contributed by atoms with Crippen LogP contribution in [0.5, 0.6) is 0 Å². The Morgan fingerprint density at radius 1 is 0.958 bits per heavy atom. The van der Waals surface area contributed by atoms with Crippen molar-refractivity contribution in [2.75, 3.05) is 0 Å². The molecule has 2 aliphatic carbocycles. The van der Waals surface area contributed by atoms with E-state index < -0.39 is 0 Å².